The molecular formula is C16H16N2O7S. The molecule has 26 heavy (non-hydrogen) atoms. The van der Waals surface area contributed by atoms with Crippen LogP contribution in [0.25, 0.3) is 0 Å². The van der Waals surface area contributed by atoms with Crippen molar-refractivity contribution in [1.82, 2.24) is 0 Å². The molecule has 0 amide bonds. The molecule has 0 aromatic heterocycles. The van der Waals surface area contributed by atoms with Gasteiger partial charge < -0.3 is 9.47 Å². The molecule has 0 bridgehead atoms. The Kier molecular flexibility index (Phi) is 6.26. The van der Waals surface area contributed by atoms with Crippen LogP contribution in [0.2, 0.25) is 0 Å². The number of nitrogens with two attached hydrogens (primary N) is 1. The fourth-order valence-electron chi connectivity index (χ4n) is 2.09. The maximum Gasteiger partial charge on any atom is 0.310 e. The number of ether oxygens (including phenoxy) is 2. The highest BCUT2D eigenvalue weighted by Gasteiger charge is 2.16. The lowest BCUT2D eigenvalue weighted by Gasteiger charge is -2.08. The first kappa shape index (κ1) is 19.3. The van der Waals surface area contributed by atoms with Gasteiger partial charge in [-0.25, -0.2) is 13.6 Å². The van der Waals surface area contributed by atoms with Gasteiger partial charge in [-0.05, 0) is 24.3 Å². The van der Waals surface area contributed by atoms with Gasteiger partial charge in [0.15, 0.2) is 0 Å². The van der Waals surface area contributed by atoms with Crippen LogP contribution in [0.1, 0.15) is 5.56 Å². The van der Waals surface area contributed by atoms with E-state index in [9.17, 15) is 23.3 Å². The Morgan fingerprint density at radius 2 is 1.73 bits per heavy atom. The molecule has 0 aliphatic rings. The van der Waals surface area contributed by atoms with Crippen molar-refractivity contribution in [3.05, 3.63) is 64.2 Å². The van der Waals surface area contributed by atoms with E-state index in [1.54, 1.807) is 6.07 Å². The van der Waals surface area contributed by atoms with Crippen LogP contribution < -0.4 is 9.88 Å². The van der Waals surface area contributed by atoms with Gasteiger partial charge >= 0.3 is 5.97 Å². The van der Waals surface area contributed by atoms with Crippen LogP contribution in [0, 0.1) is 10.1 Å². The lowest BCUT2D eigenvalue weighted by Crippen LogP contribution is -2.15. The van der Waals surface area contributed by atoms with E-state index in [0.717, 1.165) is 0 Å². The van der Waals surface area contributed by atoms with Crippen molar-refractivity contribution in [1.29, 1.82) is 0 Å². The molecule has 10 heteroatoms. The van der Waals surface area contributed by atoms with Crippen LogP contribution in [0.5, 0.6) is 5.75 Å². The number of esters is 1. The van der Waals surface area contributed by atoms with E-state index in [1.807, 2.05) is 0 Å². The highest BCUT2D eigenvalue weighted by molar-refractivity contribution is 7.89. The highest BCUT2D eigenvalue weighted by Crippen LogP contribution is 2.18. The number of hydrogen-bond acceptors (Lipinski definition) is 7. The minimum Gasteiger partial charge on any atom is -0.490 e. The molecule has 9 nitrogen and oxygen atoms in total. The van der Waals surface area contributed by atoms with Gasteiger partial charge in [0.1, 0.15) is 19.0 Å². The van der Waals surface area contributed by atoms with Crippen molar-refractivity contribution in [2.45, 2.75) is 11.3 Å². The summed E-state index contributed by atoms with van der Waals surface area (Å²) in [4.78, 5) is 22.1. The number of nitro groups is 1. The number of nitrogens with zero attached hydrogens (tertiary/aromatic N) is 1. The average molecular weight is 380 g/mol. The number of rotatable bonds is 8. The van der Waals surface area contributed by atoms with Crippen molar-refractivity contribution < 1.29 is 27.6 Å². The Bertz CT molecular complexity index is 895. The van der Waals surface area contributed by atoms with E-state index < -0.39 is 20.9 Å². The third kappa shape index (κ3) is 5.53. The summed E-state index contributed by atoms with van der Waals surface area (Å²) in [6.45, 7) is -0.0201. The average Bonchev–Trinajstić information content (AvgIpc) is 2.58. The summed E-state index contributed by atoms with van der Waals surface area (Å²) in [5, 5.41) is 15.9. The zero-order valence-electron chi connectivity index (χ0n) is 13.5. The maximum atomic E-state index is 11.8. The summed E-state index contributed by atoms with van der Waals surface area (Å²) in [6.07, 6.45) is -0.222. The Balaban J connectivity index is 1.80. The topological polar surface area (TPSA) is 139 Å². The summed E-state index contributed by atoms with van der Waals surface area (Å²) >= 11 is 0. The van der Waals surface area contributed by atoms with Crippen LogP contribution in [0.3, 0.4) is 0 Å². The summed E-state index contributed by atoms with van der Waals surface area (Å²) in [6, 6.07) is 11.4. The first-order chi connectivity index (χ1) is 12.3. The number of para-hydroxylation sites is 1. The second-order valence-electron chi connectivity index (χ2n) is 5.15. The SMILES string of the molecule is NS(=O)(=O)c1ccc(OCCOC(=O)Cc2ccccc2[N+](=O)[O-])cc1. The minimum atomic E-state index is -3.77. The Morgan fingerprint density at radius 1 is 1.08 bits per heavy atom. The van der Waals surface area contributed by atoms with E-state index in [1.165, 1.54) is 42.5 Å². The van der Waals surface area contributed by atoms with E-state index in [2.05, 4.69) is 0 Å². The third-order valence-electron chi connectivity index (χ3n) is 3.29. The maximum absolute atomic E-state index is 11.8. The van der Waals surface area contributed by atoms with Gasteiger partial charge in [-0.3, -0.25) is 14.9 Å². The quantitative estimate of drug-likeness (QED) is 0.316. The zero-order valence-corrected chi connectivity index (χ0v) is 14.3. The molecule has 2 N–H and O–H groups in total. The molecule has 0 unspecified atom stereocenters. The van der Waals surface area contributed by atoms with Crippen LogP contribution in [0.4, 0.5) is 5.69 Å². The number of benzene rings is 2. The van der Waals surface area contributed by atoms with Crippen molar-refractivity contribution in [2.75, 3.05) is 13.2 Å². The van der Waals surface area contributed by atoms with Crippen molar-refractivity contribution in [3.8, 4) is 5.75 Å². The van der Waals surface area contributed by atoms with Gasteiger partial charge in [-0.15, -0.1) is 0 Å². The number of carbonyl (C=O) groups is 1. The first-order valence-electron chi connectivity index (χ1n) is 7.41. The van der Waals surface area contributed by atoms with Crippen LogP contribution in [-0.2, 0) is 26.0 Å². The molecule has 0 aliphatic carbocycles. The van der Waals surface area contributed by atoms with Crippen LogP contribution in [0.15, 0.2) is 53.4 Å². The number of primary sulfonamides is 1. The smallest absolute Gasteiger partial charge is 0.310 e. The number of nitro benzene ring substituents is 1. The minimum absolute atomic E-state index is 0.0390. The number of sulfonamides is 1. The molecule has 0 aliphatic heterocycles. The van der Waals surface area contributed by atoms with Gasteiger partial charge in [-0.1, -0.05) is 18.2 Å². The predicted molar refractivity (Wildman–Crippen MR) is 91.1 cm³/mol. The third-order valence-corrected chi connectivity index (χ3v) is 4.22. The standard InChI is InChI=1S/C16H16N2O7S/c17-26(22,23)14-7-5-13(6-8-14)24-9-10-25-16(19)11-12-3-1-2-4-15(12)18(20)21/h1-8H,9-11H2,(H2,17,22,23). The molecule has 2 rings (SSSR count). The summed E-state index contributed by atoms with van der Waals surface area (Å²) in [7, 11) is -3.77. The monoisotopic (exact) mass is 380 g/mol. The van der Waals surface area contributed by atoms with Gasteiger partial charge in [0.25, 0.3) is 5.69 Å². The molecule has 0 atom stereocenters. The van der Waals surface area contributed by atoms with Gasteiger partial charge in [0.2, 0.25) is 10.0 Å². The molecule has 0 saturated carbocycles. The number of carbonyl (C=O) groups excluding carboxylic acids is 1. The molecule has 0 heterocycles. The Morgan fingerprint density at radius 3 is 2.35 bits per heavy atom. The molecular weight excluding hydrogens is 364 g/mol. The largest absolute Gasteiger partial charge is 0.490 e. The lowest BCUT2D eigenvalue weighted by molar-refractivity contribution is -0.385. The normalized spacial score (nSPS) is 11.0. The van der Waals surface area contributed by atoms with Crippen molar-refractivity contribution in [2.24, 2.45) is 5.14 Å². The Hall–Kier alpha value is -2.98. The van der Waals surface area contributed by atoms with E-state index in [0.29, 0.717) is 5.75 Å². The number of hydrogen-bond donors (Lipinski definition) is 1. The second kappa shape index (κ2) is 8.41. The lowest BCUT2D eigenvalue weighted by atomic mass is 10.1. The summed E-state index contributed by atoms with van der Waals surface area (Å²) < 4.78 is 32.6. The highest BCUT2D eigenvalue weighted by atomic mass is 32.2. The second-order valence-corrected chi connectivity index (χ2v) is 6.71. The van der Waals surface area contributed by atoms with Crippen LogP contribution >= 0.6 is 0 Å². The summed E-state index contributed by atoms with van der Waals surface area (Å²) in [5.74, 6) is -0.236. The molecule has 0 spiro atoms. The molecule has 2 aromatic carbocycles. The van der Waals surface area contributed by atoms with Gasteiger partial charge in [0.05, 0.1) is 16.2 Å². The molecule has 2 aromatic rings. The summed E-state index contributed by atoms with van der Waals surface area (Å²) in [5.41, 5.74) is 0.123. The van der Waals surface area contributed by atoms with Gasteiger partial charge in [-0.2, -0.15) is 0 Å². The fraction of sp³-hybridized carbons (Fsp3) is 0.188. The Labute approximate surface area is 149 Å². The fourth-order valence-corrected chi connectivity index (χ4v) is 2.60. The van der Waals surface area contributed by atoms with E-state index in [-0.39, 0.29) is 35.8 Å². The van der Waals surface area contributed by atoms with Crippen molar-refractivity contribution in [3.63, 3.8) is 0 Å². The van der Waals surface area contributed by atoms with Crippen LogP contribution in [-0.4, -0.2) is 32.5 Å². The predicted octanol–water partition coefficient (Wildman–Crippen LogP) is 1.41. The molecule has 0 fully saturated rings. The van der Waals surface area contributed by atoms with Gasteiger partial charge in [0, 0.05) is 11.6 Å². The van der Waals surface area contributed by atoms with E-state index in [4.69, 9.17) is 14.6 Å². The van der Waals surface area contributed by atoms with E-state index >= 15 is 0 Å². The molecule has 138 valence electrons. The zero-order chi connectivity index (χ0) is 19.2. The molecule has 0 saturated heterocycles. The van der Waals surface area contributed by atoms with Crippen molar-refractivity contribution >= 4 is 21.7 Å². The first-order valence-corrected chi connectivity index (χ1v) is 8.95. The molecule has 0 radical (unpaired) electrons.